The normalized spacial score (nSPS) is 16.3. The fourth-order valence-corrected chi connectivity index (χ4v) is 5.79. The van der Waals surface area contributed by atoms with E-state index in [4.69, 9.17) is 27.1 Å². The lowest BCUT2D eigenvalue weighted by Crippen LogP contribution is -2.50. The van der Waals surface area contributed by atoms with Crippen molar-refractivity contribution >= 4 is 40.3 Å². The van der Waals surface area contributed by atoms with Gasteiger partial charge in [0, 0.05) is 11.8 Å². The zero-order valence-corrected chi connectivity index (χ0v) is 25.0. The minimum atomic E-state index is -4.17. The molecule has 1 aliphatic carbocycles. The van der Waals surface area contributed by atoms with Gasteiger partial charge < -0.3 is 15.0 Å². The van der Waals surface area contributed by atoms with Crippen LogP contribution in [-0.2, 0) is 17.8 Å². The second kappa shape index (κ2) is 11.1. The SMILES string of the molecule is C[C@@H](c1ccc(F)cn1)n1cnc2c(-c3ccc4c(c3)OC(F)(F)C(=O)N4Cc3ccc(Cl)cn3)c(C(N)=O)c(CC3CC3)nc21. The highest BCUT2D eigenvalue weighted by atomic mass is 35.5. The first kappa shape index (κ1) is 29.7. The van der Waals surface area contributed by atoms with Gasteiger partial charge in [-0.05, 0) is 74.1 Å². The van der Waals surface area contributed by atoms with Gasteiger partial charge in [-0.3, -0.25) is 24.5 Å². The van der Waals surface area contributed by atoms with E-state index in [0.717, 1.165) is 23.9 Å². The molecule has 2 amide bonds. The quantitative estimate of drug-likeness (QED) is 0.223. The molecule has 1 atom stereocenters. The number of hydrogen-bond acceptors (Lipinski definition) is 7. The summed E-state index contributed by atoms with van der Waals surface area (Å²) in [6.45, 7) is 1.58. The number of rotatable bonds is 8. The number of nitrogens with zero attached hydrogens (tertiary/aromatic N) is 6. The Morgan fingerprint density at radius 3 is 2.61 bits per heavy atom. The number of imidazole rings is 1. The second-order valence-corrected chi connectivity index (χ2v) is 11.8. The van der Waals surface area contributed by atoms with E-state index in [1.165, 1.54) is 36.8 Å². The molecule has 7 rings (SSSR count). The molecule has 2 aliphatic rings. The van der Waals surface area contributed by atoms with Crippen molar-refractivity contribution in [3.05, 3.63) is 94.7 Å². The van der Waals surface area contributed by atoms with Gasteiger partial charge in [0.15, 0.2) is 11.4 Å². The maximum Gasteiger partial charge on any atom is 0.482 e. The highest BCUT2D eigenvalue weighted by molar-refractivity contribution is 6.30. The molecule has 1 aromatic carbocycles. The predicted octanol–water partition coefficient (Wildman–Crippen LogP) is 5.86. The molecule has 1 aliphatic heterocycles. The Kier molecular flexibility index (Phi) is 7.15. The van der Waals surface area contributed by atoms with Gasteiger partial charge in [0.2, 0.25) is 0 Å². The molecular weight excluding hydrogens is 623 g/mol. The Labute approximate surface area is 265 Å². The zero-order valence-electron chi connectivity index (χ0n) is 24.3. The molecule has 10 nitrogen and oxygen atoms in total. The Bertz CT molecular complexity index is 2010. The van der Waals surface area contributed by atoms with Crippen LogP contribution in [0.25, 0.3) is 22.3 Å². The zero-order chi connectivity index (χ0) is 32.3. The molecule has 0 saturated heterocycles. The molecule has 5 aromatic rings. The third-order valence-electron chi connectivity index (χ3n) is 8.19. The summed E-state index contributed by atoms with van der Waals surface area (Å²) >= 11 is 5.92. The lowest BCUT2D eigenvalue weighted by atomic mass is 9.94. The lowest BCUT2D eigenvalue weighted by Gasteiger charge is -2.33. The number of halogens is 4. The molecule has 0 radical (unpaired) electrons. The lowest BCUT2D eigenvalue weighted by molar-refractivity contribution is -0.193. The minimum Gasteiger partial charge on any atom is -0.423 e. The Hall–Kier alpha value is -5.04. The van der Waals surface area contributed by atoms with Gasteiger partial charge in [-0.1, -0.05) is 17.7 Å². The van der Waals surface area contributed by atoms with Crippen LogP contribution in [0.2, 0.25) is 5.02 Å². The third-order valence-corrected chi connectivity index (χ3v) is 8.41. The number of amides is 2. The summed E-state index contributed by atoms with van der Waals surface area (Å²) in [5, 5.41) is 0.355. The first-order valence-corrected chi connectivity index (χ1v) is 14.8. The number of fused-ring (bicyclic) bond motifs is 2. The number of hydrogen-bond donors (Lipinski definition) is 1. The minimum absolute atomic E-state index is 0.0853. The highest BCUT2D eigenvalue weighted by Crippen LogP contribution is 2.45. The van der Waals surface area contributed by atoms with Crippen LogP contribution in [0.5, 0.6) is 5.75 Å². The van der Waals surface area contributed by atoms with Gasteiger partial charge in [0.1, 0.15) is 11.3 Å². The summed E-state index contributed by atoms with van der Waals surface area (Å²) in [4.78, 5) is 44.5. The summed E-state index contributed by atoms with van der Waals surface area (Å²) in [5.41, 5.74) is 8.80. The summed E-state index contributed by atoms with van der Waals surface area (Å²) in [7, 11) is 0. The standard InChI is InChI=1S/C32H25ClF3N7O3/c1-16(22-8-6-20(34)13-39-22)43-15-40-28-26(27(29(37)44)23(41-30(28)43)10-17-2-3-17)18-4-9-24-25(11-18)46-32(35,36)31(45)42(24)14-21-7-5-19(33)12-38-21/h4-9,11-13,15-17H,2-3,10,14H2,1H3,(H2,37,44)/t16-/m0/s1. The average Bonchev–Trinajstić information content (AvgIpc) is 3.74. The van der Waals surface area contributed by atoms with Gasteiger partial charge in [0.25, 0.3) is 5.91 Å². The third kappa shape index (κ3) is 5.30. The van der Waals surface area contributed by atoms with Crippen LogP contribution in [0.15, 0.2) is 61.2 Å². The molecule has 0 bridgehead atoms. The van der Waals surface area contributed by atoms with E-state index in [2.05, 4.69) is 15.0 Å². The molecule has 46 heavy (non-hydrogen) atoms. The van der Waals surface area contributed by atoms with E-state index in [9.17, 15) is 22.8 Å². The monoisotopic (exact) mass is 647 g/mol. The van der Waals surface area contributed by atoms with Gasteiger partial charge in [-0.2, -0.15) is 8.78 Å². The Balaban J connectivity index is 1.39. The van der Waals surface area contributed by atoms with E-state index >= 15 is 0 Å². The maximum absolute atomic E-state index is 15.0. The van der Waals surface area contributed by atoms with Gasteiger partial charge in [-0.25, -0.2) is 14.4 Å². The van der Waals surface area contributed by atoms with Crippen LogP contribution in [-0.4, -0.2) is 42.4 Å². The van der Waals surface area contributed by atoms with Gasteiger partial charge >= 0.3 is 12.0 Å². The number of carbonyl (C=O) groups is 2. The van der Waals surface area contributed by atoms with Crippen molar-refractivity contribution in [2.75, 3.05) is 4.90 Å². The Morgan fingerprint density at radius 2 is 1.93 bits per heavy atom. The molecule has 2 N–H and O–H groups in total. The largest absolute Gasteiger partial charge is 0.482 e. The molecule has 0 spiro atoms. The first-order chi connectivity index (χ1) is 22.0. The number of primary amides is 1. The van der Waals surface area contributed by atoms with Crippen molar-refractivity contribution in [1.29, 1.82) is 0 Å². The maximum atomic E-state index is 15.0. The predicted molar refractivity (Wildman–Crippen MR) is 162 cm³/mol. The Morgan fingerprint density at radius 1 is 1.13 bits per heavy atom. The smallest absolute Gasteiger partial charge is 0.423 e. The summed E-state index contributed by atoms with van der Waals surface area (Å²) in [5.74, 6) is -2.76. The number of aromatic nitrogens is 5. The number of alkyl halides is 2. The van der Waals surface area contributed by atoms with Crippen LogP contribution in [0.3, 0.4) is 0 Å². The average molecular weight is 648 g/mol. The summed E-state index contributed by atoms with van der Waals surface area (Å²) < 4.78 is 50.3. The molecule has 14 heteroatoms. The highest BCUT2D eigenvalue weighted by Gasteiger charge is 2.50. The number of pyridine rings is 3. The number of nitrogens with two attached hydrogens (primary N) is 1. The number of anilines is 1. The van der Waals surface area contributed by atoms with Crippen LogP contribution in [0.1, 0.15) is 53.2 Å². The number of ether oxygens (including phenoxy) is 1. The number of carbonyl (C=O) groups excluding carboxylic acids is 2. The van der Waals surface area contributed by atoms with Crippen LogP contribution in [0, 0.1) is 11.7 Å². The molecule has 4 aromatic heterocycles. The van der Waals surface area contributed by atoms with Crippen molar-refractivity contribution in [3.63, 3.8) is 0 Å². The molecule has 234 valence electrons. The van der Waals surface area contributed by atoms with Crippen molar-refractivity contribution in [3.8, 4) is 16.9 Å². The molecule has 1 fully saturated rings. The van der Waals surface area contributed by atoms with E-state index in [0.29, 0.717) is 56.7 Å². The summed E-state index contributed by atoms with van der Waals surface area (Å²) in [6.07, 6.45) is 2.25. The first-order valence-electron chi connectivity index (χ1n) is 14.4. The van der Waals surface area contributed by atoms with E-state index in [1.807, 2.05) is 6.92 Å². The van der Waals surface area contributed by atoms with Crippen molar-refractivity contribution < 1.29 is 27.5 Å². The molecular formula is C32H25ClF3N7O3. The van der Waals surface area contributed by atoms with Crippen LogP contribution >= 0.6 is 11.6 Å². The molecule has 0 unspecified atom stereocenters. The van der Waals surface area contributed by atoms with E-state index in [1.54, 1.807) is 22.8 Å². The number of benzene rings is 1. The van der Waals surface area contributed by atoms with Crippen molar-refractivity contribution in [2.45, 2.75) is 44.9 Å². The van der Waals surface area contributed by atoms with Crippen molar-refractivity contribution in [2.24, 2.45) is 11.7 Å². The molecule has 5 heterocycles. The fourth-order valence-electron chi connectivity index (χ4n) is 5.68. The van der Waals surface area contributed by atoms with E-state index < -0.39 is 29.8 Å². The van der Waals surface area contributed by atoms with E-state index in [-0.39, 0.29) is 23.5 Å². The van der Waals surface area contributed by atoms with Gasteiger partial charge in [-0.15, -0.1) is 0 Å². The summed E-state index contributed by atoms with van der Waals surface area (Å²) in [6, 6.07) is 9.91. The topological polar surface area (TPSA) is 129 Å². The fraction of sp³-hybridized carbons (Fsp3) is 0.250. The second-order valence-electron chi connectivity index (χ2n) is 11.4. The van der Waals surface area contributed by atoms with Gasteiger partial charge in [0.05, 0.1) is 58.5 Å². The molecule has 1 saturated carbocycles. The van der Waals surface area contributed by atoms with Crippen LogP contribution < -0.4 is 15.4 Å². The van der Waals surface area contributed by atoms with Crippen LogP contribution in [0.4, 0.5) is 18.9 Å². The van der Waals surface area contributed by atoms with Crippen molar-refractivity contribution in [1.82, 2.24) is 24.5 Å².